The summed E-state index contributed by atoms with van der Waals surface area (Å²) in [5.41, 5.74) is 1.77. The maximum absolute atomic E-state index is 13.4. The molecule has 3 rings (SSSR count). The fourth-order valence-corrected chi connectivity index (χ4v) is 3.33. The molecular weight excluding hydrogens is 392 g/mol. The molecule has 0 amide bonds. The van der Waals surface area contributed by atoms with Crippen molar-refractivity contribution in [3.8, 4) is 5.69 Å². The van der Waals surface area contributed by atoms with Crippen LogP contribution in [0.2, 0.25) is 0 Å². The highest BCUT2D eigenvalue weighted by molar-refractivity contribution is 7.71. The molecule has 29 heavy (non-hydrogen) atoms. The lowest BCUT2D eigenvalue weighted by Gasteiger charge is -2.19. The van der Waals surface area contributed by atoms with E-state index in [2.05, 4.69) is 4.90 Å². The van der Waals surface area contributed by atoms with Crippen molar-refractivity contribution in [1.29, 1.82) is 0 Å². The molecule has 0 fully saturated rings. The minimum Gasteiger partial charge on any atom is -0.300 e. The highest BCUT2D eigenvalue weighted by Gasteiger charge is 2.20. The van der Waals surface area contributed by atoms with E-state index < -0.39 is 0 Å². The zero-order chi connectivity index (χ0) is 21.1. The first-order chi connectivity index (χ1) is 13.8. The van der Waals surface area contributed by atoms with Crippen molar-refractivity contribution >= 4 is 12.2 Å². The minimum absolute atomic E-state index is 0.00501. The van der Waals surface area contributed by atoms with E-state index in [1.54, 1.807) is 28.9 Å². The lowest BCUT2D eigenvalue weighted by Crippen LogP contribution is -2.23. The molecule has 1 heterocycles. The van der Waals surface area contributed by atoms with Gasteiger partial charge in [0.25, 0.3) is 0 Å². The topological polar surface area (TPSA) is 29.2 Å². The van der Waals surface area contributed by atoms with E-state index in [0.717, 1.165) is 17.1 Å². The first kappa shape index (κ1) is 21.3. The van der Waals surface area contributed by atoms with Crippen molar-refractivity contribution in [3.05, 3.63) is 76.3 Å². The Hall–Kier alpha value is -2.42. The standard InChI is InChI=1S/C21H25F2N5S/c1-15(25(2)3)20-24-27(14-26(4)13-16-5-7-17(22)8-6-16)21(29)28(20)19-11-9-18(23)10-12-19/h5-12,15H,13-14H2,1-4H3. The summed E-state index contributed by atoms with van der Waals surface area (Å²) in [4.78, 5) is 4.10. The Morgan fingerprint density at radius 3 is 2.07 bits per heavy atom. The molecule has 1 unspecified atom stereocenters. The van der Waals surface area contributed by atoms with E-state index in [-0.39, 0.29) is 17.7 Å². The fourth-order valence-electron chi connectivity index (χ4n) is 3.03. The van der Waals surface area contributed by atoms with Gasteiger partial charge < -0.3 is 0 Å². The predicted molar refractivity (Wildman–Crippen MR) is 112 cm³/mol. The van der Waals surface area contributed by atoms with E-state index in [1.807, 2.05) is 37.5 Å². The van der Waals surface area contributed by atoms with Gasteiger partial charge in [0.2, 0.25) is 4.77 Å². The van der Waals surface area contributed by atoms with Crippen molar-refractivity contribution in [2.45, 2.75) is 26.2 Å². The number of benzene rings is 2. The van der Waals surface area contributed by atoms with Gasteiger partial charge in [-0.05, 0) is 82.2 Å². The van der Waals surface area contributed by atoms with Crippen LogP contribution in [0.15, 0.2) is 48.5 Å². The maximum Gasteiger partial charge on any atom is 0.203 e. The third kappa shape index (κ3) is 4.95. The lowest BCUT2D eigenvalue weighted by atomic mass is 10.2. The fraction of sp³-hybridized carbons (Fsp3) is 0.333. The first-order valence-corrected chi connectivity index (χ1v) is 9.72. The SMILES string of the molecule is CC(c1nn(CN(C)Cc2ccc(F)cc2)c(=S)n1-c1ccc(F)cc1)N(C)C. The average Bonchev–Trinajstić information content (AvgIpc) is 2.99. The van der Waals surface area contributed by atoms with Crippen LogP contribution in [0.3, 0.4) is 0 Å². The van der Waals surface area contributed by atoms with Crippen molar-refractivity contribution in [2.75, 3.05) is 21.1 Å². The normalized spacial score (nSPS) is 12.7. The van der Waals surface area contributed by atoms with Crippen LogP contribution in [0.5, 0.6) is 0 Å². The quantitative estimate of drug-likeness (QED) is 0.533. The van der Waals surface area contributed by atoms with Gasteiger partial charge in [0.15, 0.2) is 5.82 Å². The molecule has 0 N–H and O–H groups in total. The second-order valence-electron chi connectivity index (χ2n) is 7.37. The Bertz CT molecular complexity index is 1010. The second kappa shape index (κ2) is 8.94. The summed E-state index contributed by atoms with van der Waals surface area (Å²) in [5.74, 6) is 0.231. The van der Waals surface area contributed by atoms with E-state index >= 15 is 0 Å². The van der Waals surface area contributed by atoms with E-state index in [0.29, 0.717) is 18.0 Å². The van der Waals surface area contributed by atoms with Gasteiger partial charge in [0.05, 0.1) is 12.7 Å². The third-order valence-electron chi connectivity index (χ3n) is 4.84. The first-order valence-electron chi connectivity index (χ1n) is 9.31. The second-order valence-corrected chi connectivity index (χ2v) is 7.74. The van der Waals surface area contributed by atoms with Gasteiger partial charge in [-0.2, -0.15) is 5.10 Å². The zero-order valence-corrected chi connectivity index (χ0v) is 17.8. The molecular formula is C21H25F2N5S. The number of rotatable bonds is 7. The molecule has 8 heteroatoms. The van der Waals surface area contributed by atoms with Gasteiger partial charge in [-0.15, -0.1) is 0 Å². The summed E-state index contributed by atoms with van der Waals surface area (Å²) in [6.45, 7) is 3.14. The summed E-state index contributed by atoms with van der Waals surface area (Å²) in [6, 6.07) is 12.7. The van der Waals surface area contributed by atoms with Gasteiger partial charge in [-0.3, -0.25) is 14.4 Å². The predicted octanol–water partition coefficient (Wildman–Crippen LogP) is 4.39. The molecule has 0 saturated heterocycles. The Morgan fingerprint density at radius 1 is 0.966 bits per heavy atom. The van der Waals surface area contributed by atoms with E-state index in [9.17, 15) is 8.78 Å². The number of hydrogen-bond acceptors (Lipinski definition) is 4. The molecule has 0 aliphatic rings. The number of aromatic nitrogens is 3. The van der Waals surface area contributed by atoms with Gasteiger partial charge in [0.1, 0.15) is 11.6 Å². The molecule has 0 saturated carbocycles. The molecule has 0 aliphatic carbocycles. The van der Waals surface area contributed by atoms with E-state index in [1.165, 1.54) is 24.3 Å². The van der Waals surface area contributed by atoms with Crippen LogP contribution in [0.25, 0.3) is 5.69 Å². The monoisotopic (exact) mass is 417 g/mol. The van der Waals surface area contributed by atoms with Crippen LogP contribution in [0, 0.1) is 16.4 Å². The summed E-state index contributed by atoms with van der Waals surface area (Å²) >= 11 is 5.71. The molecule has 1 atom stereocenters. The number of hydrogen-bond donors (Lipinski definition) is 0. The van der Waals surface area contributed by atoms with Crippen molar-refractivity contribution in [3.63, 3.8) is 0 Å². The van der Waals surface area contributed by atoms with Crippen LogP contribution in [0.1, 0.15) is 24.4 Å². The summed E-state index contributed by atoms with van der Waals surface area (Å²) in [6.07, 6.45) is 0. The Morgan fingerprint density at radius 2 is 1.52 bits per heavy atom. The number of halogens is 2. The van der Waals surface area contributed by atoms with Crippen LogP contribution in [-0.2, 0) is 13.2 Å². The molecule has 5 nitrogen and oxygen atoms in total. The average molecular weight is 418 g/mol. The summed E-state index contributed by atoms with van der Waals surface area (Å²) in [7, 11) is 5.90. The van der Waals surface area contributed by atoms with Crippen LogP contribution in [0.4, 0.5) is 8.78 Å². The molecule has 3 aromatic rings. The Balaban J connectivity index is 1.92. The number of nitrogens with zero attached hydrogens (tertiary/aromatic N) is 5. The van der Waals surface area contributed by atoms with Gasteiger partial charge in [-0.1, -0.05) is 12.1 Å². The van der Waals surface area contributed by atoms with Crippen molar-refractivity contribution in [1.82, 2.24) is 24.1 Å². The molecule has 154 valence electrons. The molecule has 0 aliphatic heterocycles. The largest absolute Gasteiger partial charge is 0.300 e. The smallest absolute Gasteiger partial charge is 0.203 e. The lowest BCUT2D eigenvalue weighted by molar-refractivity contribution is 0.241. The van der Waals surface area contributed by atoms with E-state index in [4.69, 9.17) is 17.3 Å². The minimum atomic E-state index is -0.297. The molecule has 1 aromatic heterocycles. The third-order valence-corrected chi connectivity index (χ3v) is 5.23. The van der Waals surface area contributed by atoms with Crippen LogP contribution in [-0.4, -0.2) is 45.3 Å². The van der Waals surface area contributed by atoms with Crippen LogP contribution >= 0.6 is 12.2 Å². The Kier molecular flexibility index (Phi) is 6.56. The van der Waals surface area contributed by atoms with Crippen molar-refractivity contribution < 1.29 is 8.78 Å². The zero-order valence-electron chi connectivity index (χ0n) is 17.0. The van der Waals surface area contributed by atoms with Crippen molar-refractivity contribution in [2.24, 2.45) is 0 Å². The van der Waals surface area contributed by atoms with Gasteiger partial charge >= 0.3 is 0 Å². The molecule has 0 radical (unpaired) electrons. The molecule has 0 spiro atoms. The van der Waals surface area contributed by atoms with Gasteiger partial charge in [-0.25, -0.2) is 13.5 Å². The highest BCUT2D eigenvalue weighted by atomic mass is 32.1. The Labute approximate surface area is 174 Å². The molecule has 0 bridgehead atoms. The summed E-state index contributed by atoms with van der Waals surface area (Å²) in [5, 5.41) is 4.76. The highest BCUT2D eigenvalue weighted by Crippen LogP contribution is 2.21. The van der Waals surface area contributed by atoms with Crippen LogP contribution < -0.4 is 0 Å². The molecule has 2 aromatic carbocycles. The van der Waals surface area contributed by atoms with Gasteiger partial charge in [0, 0.05) is 12.2 Å². The summed E-state index contributed by atoms with van der Waals surface area (Å²) < 4.78 is 30.7. The maximum atomic E-state index is 13.4.